The zero-order valence-electron chi connectivity index (χ0n) is 8.01. The van der Waals surface area contributed by atoms with E-state index in [0.29, 0.717) is 5.82 Å². The molecule has 4 heteroatoms. The molecule has 4 nitrogen and oxygen atoms in total. The monoisotopic (exact) mass is 188 g/mol. The highest BCUT2D eigenvalue weighted by molar-refractivity contribution is 5.33. The second kappa shape index (κ2) is 3.49. The van der Waals surface area contributed by atoms with Crippen LogP contribution in [0.25, 0.3) is 0 Å². The van der Waals surface area contributed by atoms with Gasteiger partial charge in [-0.25, -0.2) is 9.97 Å². The summed E-state index contributed by atoms with van der Waals surface area (Å²) < 4.78 is 1.93. The standard InChI is InChI=1S/C10H12N4/c1-14-6-9(13-7-14)4-8-2-3-12-10(11)5-8/h2-3,5-7H,4H2,1H3,(H2,11,12). The average molecular weight is 188 g/mol. The first-order valence-corrected chi connectivity index (χ1v) is 4.41. The molecule has 0 spiro atoms. The highest BCUT2D eigenvalue weighted by Crippen LogP contribution is 2.08. The van der Waals surface area contributed by atoms with Crippen molar-refractivity contribution in [2.75, 3.05) is 5.73 Å². The Morgan fingerprint density at radius 3 is 2.93 bits per heavy atom. The lowest BCUT2D eigenvalue weighted by atomic mass is 10.1. The fourth-order valence-corrected chi connectivity index (χ4v) is 1.37. The summed E-state index contributed by atoms with van der Waals surface area (Å²) in [5, 5.41) is 0. The molecule has 0 saturated carbocycles. The number of hydrogen-bond acceptors (Lipinski definition) is 3. The third kappa shape index (κ3) is 1.90. The first-order valence-electron chi connectivity index (χ1n) is 4.41. The largest absolute Gasteiger partial charge is 0.384 e. The molecule has 2 aromatic rings. The molecule has 0 atom stereocenters. The van der Waals surface area contributed by atoms with Gasteiger partial charge in [-0.1, -0.05) is 0 Å². The molecular formula is C10H12N4. The third-order valence-electron chi connectivity index (χ3n) is 1.99. The fourth-order valence-electron chi connectivity index (χ4n) is 1.37. The number of aromatic nitrogens is 3. The van der Waals surface area contributed by atoms with Crippen molar-refractivity contribution < 1.29 is 0 Å². The van der Waals surface area contributed by atoms with E-state index in [-0.39, 0.29) is 0 Å². The van der Waals surface area contributed by atoms with Crippen molar-refractivity contribution in [2.45, 2.75) is 6.42 Å². The highest BCUT2D eigenvalue weighted by Gasteiger charge is 1.99. The topological polar surface area (TPSA) is 56.7 Å². The van der Waals surface area contributed by atoms with Gasteiger partial charge in [-0.15, -0.1) is 0 Å². The zero-order chi connectivity index (χ0) is 9.97. The van der Waals surface area contributed by atoms with Crippen LogP contribution < -0.4 is 5.73 Å². The minimum atomic E-state index is 0.554. The molecule has 0 aliphatic rings. The van der Waals surface area contributed by atoms with Gasteiger partial charge in [0.25, 0.3) is 0 Å². The van der Waals surface area contributed by atoms with Gasteiger partial charge in [0.1, 0.15) is 5.82 Å². The summed E-state index contributed by atoms with van der Waals surface area (Å²) in [6.45, 7) is 0. The van der Waals surface area contributed by atoms with E-state index < -0.39 is 0 Å². The predicted molar refractivity (Wildman–Crippen MR) is 54.7 cm³/mol. The van der Waals surface area contributed by atoms with Gasteiger partial charge >= 0.3 is 0 Å². The quantitative estimate of drug-likeness (QED) is 0.764. The van der Waals surface area contributed by atoms with Crippen molar-refractivity contribution in [2.24, 2.45) is 7.05 Å². The SMILES string of the molecule is Cn1cnc(Cc2ccnc(N)c2)c1. The van der Waals surface area contributed by atoms with E-state index in [0.717, 1.165) is 17.7 Å². The van der Waals surface area contributed by atoms with Gasteiger partial charge < -0.3 is 10.3 Å². The molecule has 2 heterocycles. The summed E-state index contributed by atoms with van der Waals surface area (Å²) in [5.74, 6) is 0.554. The van der Waals surface area contributed by atoms with E-state index in [1.54, 1.807) is 12.5 Å². The normalized spacial score (nSPS) is 10.4. The van der Waals surface area contributed by atoms with E-state index in [9.17, 15) is 0 Å². The predicted octanol–water partition coefficient (Wildman–Crippen LogP) is 0.988. The molecule has 0 aromatic carbocycles. The highest BCUT2D eigenvalue weighted by atomic mass is 15.0. The summed E-state index contributed by atoms with van der Waals surface area (Å²) in [4.78, 5) is 8.18. The van der Waals surface area contributed by atoms with E-state index in [2.05, 4.69) is 9.97 Å². The molecule has 0 radical (unpaired) electrons. The number of aryl methyl sites for hydroxylation is 1. The van der Waals surface area contributed by atoms with E-state index in [1.165, 1.54) is 0 Å². The molecule has 0 saturated heterocycles. The maximum atomic E-state index is 5.58. The maximum absolute atomic E-state index is 5.58. The molecule has 2 rings (SSSR count). The number of nitrogens with two attached hydrogens (primary N) is 1. The molecule has 0 unspecified atom stereocenters. The molecular weight excluding hydrogens is 176 g/mol. The van der Waals surface area contributed by atoms with Crippen LogP contribution in [0.3, 0.4) is 0 Å². The van der Waals surface area contributed by atoms with Crippen molar-refractivity contribution in [3.63, 3.8) is 0 Å². The number of nitrogen functional groups attached to an aromatic ring is 1. The number of imidazole rings is 1. The smallest absolute Gasteiger partial charge is 0.123 e. The Balaban J connectivity index is 2.18. The van der Waals surface area contributed by atoms with Crippen LogP contribution in [0.1, 0.15) is 11.3 Å². The van der Waals surface area contributed by atoms with E-state index in [4.69, 9.17) is 5.73 Å². The lowest BCUT2D eigenvalue weighted by Crippen LogP contribution is -1.93. The number of rotatable bonds is 2. The van der Waals surface area contributed by atoms with Crippen molar-refractivity contribution in [3.05, 3.63) is 42.1 Å². The van der Waals surface area contributed by atoms with Gasteiger partial charge in [-0.05, 0) is 17.7 Å². The molecule has 2 N–H and O–H groups in total. The molecule has 0 fully saturated rings. The Morgan fingerprint density at radius 2 is 2.29 bits per heavy atom. The van der Waals surface area contributed by atoms with Gasteiger partial charge in [0.2, 0.25) is 0 Å². The number of pyridine rings is 1. The number of nitrogens with zero attached hydrogens (tertiary/aromatic N) is 3. The maximum Gasteiger partial charge on any atom is 0.123 e. The van der Waals surface area contributed by atoms with Crippen LogP contribution in [0.4, 0.5) is 5.82 Å². The van der Waals surface area contributed by atoms with Crippen molar-refractivity contribution in [1.82, 2.24) is 14.5 Å². The summed E-state index contributed by atoms with van der Waals surface area (Å²) in [6, 6.07) is 3.82. The van der Waals surface area contributed by atoms with Gasteiger partial charge in [-0.2, -0.15) is 0 Å². The van der Waals surface area contributed by atoms with Gasteiger partial charge in [0, 0.05) is 25.9 Å². The van der Waals surface area contributed by atoms with E-state index >= 15 is 0 Å². The Labute approximate surface area is 82.4 Å². The van der Waals surface area contributed by atoms with Crippen LogP contribution in [0.2, 0.25) is 0 Å². The van der Waals surface area contributed by atoms with Crippen molar-refractivity contribution in [3.8, 4) is 0 Å². The summed E-state index contributed by atoms with van der Waals surface area (Å²) in [7, 11) is 1.96. The molecule has 2 aromatic heterocycles. The van der Waals surface area contributed by atoms with Gasteiger partial charge in [0.15, 0.2) is 0 Å². The molecule has 0 aliphatic heterocycles. The lowest BCUT2D eigenvalue weighted by molar-refractivity contribution is 0.912. The van der Waals surface area contributed by atoms with Crippen LogP contribution in [-0.4, -0.2) is 14.5 Å². The third-order valence-corrected chi connectivity index (χ3v) is 1.99. The second-order valence-electron chi connectivity index (χ2n) is 3.30. The first-order chi connectivity index (χ1) is 6.74. The van der Waals surface area contributed by atoms with Crippen LogP contribution in [0.5, 0.6) is 0 Å². The molecule has 0 amide bonds. The van der Waals surface area contributed by atoms with Crippen molar-refractivity contribution in [1.29, 1.82) is 0 Å². The molecule has 0 aliphatic carbocycles. The minimum Gasteiger partial charge on any atom is -0.384 e. The van der Waals surface area contributed by atoms with Crippen LogP contribution in [0.15, 0.2) is 30.9 Å². The second-order valence-corrected chi connectivity index (χ2v) is 3.30. The summed E-state index contributed by atoms with van der Waals surface area (Å²) in [5.41, 5.74) is 7.76. The summed E-state index contributed by atoms with van der Waals surface area (Å²) in [6.07, 6.45) is 6.30. The molecule has 14 heavy (non-hydrogen) atoms. The van der Waals surface area contributed by atoms with Crippen LogP contribution in [-0.2, 0) is 13.5 Å². The van der Waals surface area contributed by atoms with Gasteiger partial charge in [-0.3, -0.25) is 0 Å². The number of anilines is 1. The van der Waals surface area contributed by atoms with E-state index in [1.807, 2.05) is 29.9 Å². The Hall–Kier alpha value is -1.84. The Morgan fingerprint density at radius 1 is 1.43 bits per heavy atom. The van der Waals surface area contributed by atoms with Gasteiger partial charge in [0.05, 0.1) is 12.0 Å². The molecule has 72 valence electrons. The minimum absolute atomic E-state index is 0.554. The van der Waals surface area contributed by atoms with Crippen LogP contribution in [0, 0.1) is 0 Å². The Bertz CT molecular complexity index is 433. The zero-order valence-corrected chi connectivity index (χ0v) is 8.01. The van der Waals surface area contributed by atoms with Crippen molar-refractivity contribution >= 4 is 5.82 Å². The van der Waals surface area contributed by atoms with Crippen LogP contribution >= 0.6 is 0 Å². The fraction of sp³-hybridized carbons (Fsp3) is 0.200. The number of hydrogen-bond donors (Lipinski definition) is 1. The lowest BCUT2D eigenvalue weighted by Gasteiger charge is -1.98. The first kappa shape index (κ1) is 8.74. The molecule has 0 bridgehead atoms. The summed E-state index contributed by atoms with van der Waals surface area (Å²) >= 11 is 0. The average Bonchev–Trinajstić information content (AvgIpc) is 2.51. The Kier molecular flexibility index (Phi) is 2.18.